The number of nitrogens with zero attached hydrogens (tertiary/aromatic N) is 3. The molecular weight excluding hydrogens is 252 g/mol. The van der Waals surface area contributed by atoms with Gasteiger partial charge in [0.1, 0.15) is 11.9 Å². The lowest BCUT2D eigenvalue weighted by Crippen LogP contribution is -2.49. The lowest BCUT2D eigenvalue weighted by atomic mass is 9.91. The Balaban J connectivity index is 2.40. The number of thioether (sulfide) groups is 1. The highest BCUT2D eigenvalue weighted by Crippen LogP contribution is 2.21. The summed E-state index contributed by atoms with van der Waals surface area (Å²) in [6, 6.07) is 0. The first-order chi connectivity index (χ1) is 8.55. The van der Waals surface area contributed by atoms with E-state index >= 15 is 0 Å². The van der Waals surface area contributed by atoms with E-state index in [1.807, 2.05) is 18.5 Å². The third-order valence-corrected chi connectivity index (χ3v) is 4.26. The normalized spacial score (nSPS) is 14.4. The maximum Gasteiger partial charge on any atom is 0.323 e. The van der Waals surface area contributed by atoms with Gasteiger partial charge in [0.25, 0.3) is 0 Å². The Morgan fingerprint density at radius 1 is 1.67 bits per heavy atom. The van der Waals surface area contributed by atoms with Gasteiger partial charge in [0.2, 0.25) is 0 Å². The van der Waals surface area contributed by atoms with Gasteiger partial charge in [-0.2, -0.15) is 0 Å². The van der Waals surface area contributed by atoms with Crippen LogP contribution >= 0.6 is 11.8 Å². The summed E-state index contributed by atoms with van der Waals surface area (Å²) in [6.07, 6.45) is 3.66. The van der Waals surface area contributed by atoms with Crippen molar-refractivity contribution in [1.82, 2.24) is 20.1 Å². The van der Waals surface area contributed by atoms with Crippen molar-refractivity contribution in [3.8, 4) is 0 Å². The van der Waals surface area contributed by atoms with Crippen molar-refractivity contribution >= 4 is 17.7 Å². The Bertz CT molecular complexity index is 390. The van der Waals surface area contributed by atoms with E-state index in [-0.39, 0.29) is 0 Å². The van der Waals surface area contributed by atoms with Crippen molar-refractivity contribution in [2.24, 2.45) is 7.05 Å². The van der Waals surface area contributed by atoms with Crippen molar-refractivity contribution < 1.29 is 9.90 Å². The summed E-state index contributed by atoms with van der Waals surface area (Å²) in [4.78, 5) is 11.3. The molecule has 0 fully saturated rings. The third kappa shape index (κ3) is 3.46. The molecule has 0 saturated carbocycles. The Kier molecular flexibility index (Phi) is 5.61. The molecule has 0 bridgehead atoms. The average molecular weight is 272 g/mol. The number of carbonyl (C=O) groups is 1. The second kappa shape index (κ2) is 6.75. The molecule has 1 aromatic rings. The maximum atomic E-state index is 11.3. The molecule has 1 heterocycles. The predicted molar refractivity (Wildman–Crippen MR) is 70.7 cm³/mol. The van der Waals surface area contributed by atoms with Crippen molar-refractivity contribution in [3.05, 3.63) is 6.33 Å². The van der Waals surface area contributed by atoms with E-state index in [1.54, 1.807) is 25.1 Å². The lowest BCUT2D eigenvalue weighted by Gasteiger charge is -2.27. The number of carboxylic acid groups (broad SMARTS) is 1. The van der Waals surface area contributed by atoms with Crippen molar-refractivity contribution in [3.63, 3.8) is 0 Å². The van der Waals surface area contributed by atoms with Gasteiger partial charge in [-0.25, -0.2) is 0 Å². The van der Waals surface area contributed by atoms with E-state index in [4.69, 9.17) is 0 Å². The summed E-state index contributed by atoms with van der Waals surface area (Å²) in [5.41, 5.74) is -0.805. The number of aromatic nitrogens is 3. The molecule has 0 spiro atoms. The van der Waals surface area contributed by atoms with Crippen LogP contribution in [0.4, 0.5) is 0 Å². The Morgan fingerprint density at radius 3 is 2.83 bits per heavy atom. The van der Waals surface area contributed by atoms with Crippen LogP contribution in [0.3, 0.4) is 0 Å². The molecule has 0 amide bonds. The average Bonchev–Trinajstić information content (AvgIpc) is 2.75. The number of aliphatic carboxylic acids is 1. The standard InChI is InChI=1S/C11H20N4O2S/c1-4-11(12-2,9(16)17)6-5-7-18-10-14-13-8-15(10)3/h8,12H,4-7H2,1-3H3,(H,16,17). The largest absolute Gasteiger partial charge is 0.480 e. The van der Waals surface area contributed by atoms with E-state index in [0.29, 0.717) is 12.8 Å². The minimum Gasteiger partial charge on any atom is -0.480 e. The molecule has 7 heteroatoms. The molecule has 0 aliphatic carbocycles. The van der Waals surface area contributed by atoms with Crippen LogP contribution in [-0.2, 0) is 11.8 Å². The number of carboxylic acids is 1. The van der Waals surface area contributed by atoms with Crippen LogP contribution in [0.2, 0.25) is 0 Å². The zero-order valence-corrected chi connectivity index (χ0v) is 11.8. The Labute approximate surface area is 111 Å². The predicted octanol–water partition coefficient (Wildman–Crippen LogP) is 1.14. The highest BCUT2D eigenvalue weighted by Gasteiger charge is 2.33. The smallest absolute Gasteiger partial charge is 0.323 e. The Hall–Kier alpha value is -1.08. The molecule has 2 N–H and O–H groups in total. The third-order valence-electron chi connectivity index (χ3n) is 3.14. The van der Waals surface area contributed by atoms with Gasteiger partial charge < -0.3 is 15.0 Å². The van der Waals surface area contributed by atoms with Crippen LogP contribution in [0, 0.1) is 0 Å². The number of aryl methyl sites for hydroxylation is 1. The van der Waals surface area contributed by atoms with Gasteiger partial charge in [-0.1, -0.05) is 18.7 Å². The topological polar surface area (TPSA) is 80.0 Å². The first-order valence-electron chi connectivity index (χ1n) is 5.95. The number of rotatable bonds is 8. The van der Waals surface area contributed by atoms with Gasteiger partial charge in [0.15, 0.2) is 5.16 Å². The van der Waals surface area contributed by atoms with Gasteiger partial charge in [0.05, 0.1) is 0 Å². The monoisotopic (exact) mass is 272 g/mol. The molecule has 1 rings (SSSR count). The number of hydrogen-bond acceptors (Lipinski definition) is 5. The first-order valence-corrected chi connectivity index (χ1v) is 6.93. The fourth-order valence-corrected chi connectivity index (χ4v) is 2.61. The molecule has 18 heavy (non-hydrogen) atoms. The molecule has 0 saturated heterocycles. The van der Waals surface area contributed by atoms with Crippen LogP contribution in [0.25, 0.3) is 0 Å². The molecule has 102 valence electrons. The summed E-state index contributed by atoms with van der Waals surface area (Å²) in [7, 11) is 3.59. The van der Waals surface area contributed by atoms with Crippen LogP contribution < -0.4 is 5.32 Å². The van der Waals surface area contributed by atoms with Gasteiger partial charge in [0, 0.05) is 12.8 Å². The molecule has 6 nitrogen and oxygen atoms in total. The SMILES string of the molecule is CCC(CCCSc1nncn1C)(NC)C(=O)O. The number of hydrogen-bond donors (Lipinski definition) is 2. The fraction of sp³-hybridized carbons (Fsp3) is 0.727. The van der Waals surface area contributed by atoms with Crippen LogP contribution in [0.5, 0.6) is 0 Å². The van der Waals surface area contributed by atoms with Crippen molar-refractivity contribution in [1.29, 1.82) is 0 Å². The number of nitrogens with one attached hydrogen (secondary N) is 1. The van der Waals surface area contributed by atoms with E-state index in [1.165, 1.54) is 0 Å². The fourth-order valence-electron chi connectivity index (χ4n) is 1.78. The summed E-state index contributed by atoms with van der Waals surface area (Å²) in [6.45, 7) is 1.89. The molecule has 1 unspecified atom stereocenters. The van der Waals surface area contributed by atoms with Crippen LogP contribution in [-0.4, -0.2) is 44.2 Å². The minimum atomic E-state index is -0.805. The van der Waals surface area contributed by atoms with Crippen molar-refractivity contribution in [2.75, 3.05) is 12.8 Å². The van der Waals surface area contributed by atoms with Gasteiger partial charge >= 0.3 is 5.97 Å². The van der Waals surface area contributed by atoms with E-state index in [0.717, 1.165) is 17.3 Å². The lowest BCUT2D eigenvalue weighted by molar-refractivity contribution is -0.145. The van der Waals surface area contributed by atoms with E-state index < -0.39 is 11.5 Å². The molecule has 0 aliphatic heterocycles. The first kappa shape index (κ1) is 15.0. The van der Waals surface area contributed by atoms with Crippen molar-refractivity contribution in [2.45, 2.75) is 36.9 Å². The number of likely N-dealkylation sites (N-methyl/N-ethyl adjacent to an activating group) is 1. The quantitative estimate of drug-likeness (QED) is 0.545. The molecule has 0 aromatic carbocycles. The maximum absolute atomic E-state index is 11.3. The summed E-state index contributed by atoms with van der Waals surface area (Å²) < 4.78 is 1.85. The zero-order valence-electron chi connectivity index (χ0n) is 11.0. The van der Waals surface area contributed by atoms with Gasteiger partial charge in [-0.15, -0.1) is 10.2 Å². The summed E-state index contributed by atoms with van der Waals surface area (Å²) in [5.74, 6) is 0.0552. The molecule has 0 radical (unpaired) electrons. The summed E-state index contributed by atoms with van der Waals surface area (Å²) in [5, 5.41) is 20.8. The van der Waals surface area contributed by atoms with Gasteiger partial charge in [-0.3, -0.25) is 4.79 Å². The van der Waals surface area contributed by atoms with Gasteiger partial charge in [-0.05, 0) is 26.3 Å². The molecule has 1 aromatic heterocycles. The Morgan fingerprint density at radius 2 is 2.39 bits per heavy atom. The highest BCUT2D eigenvalue weighted by atomic mass is 32.2. The van der Waals surface area contributed by atoms with Crippen LogP contribution in [0.1, 0.15) is 26.2 Å². The van der Waals surface area contributed by atoms with E-state index in [2.05, 4.69) is 15.5 Å². The summed E-state index contributed by atoms with van der Waals surface area (Å²) >= 11 is 1.60. The molecular formula is C11H20N4O2S. The highest BCUT2D eigenvalue weighted by molar-refractivity contribution is 7.99. The second-order valence-electron chi connectivity index (χ2n) is 4.17. The van der Waals surface area contributed by atoms with E-state index in [9.17, 15) is 9.90 Å². The molecule has 0 aliphatic rings. The second-order valence-corrected chi connectivity index (χ2v) is 5.23. The van der Waals surface area contributed by atoms with Crippen LogP contribution in [0.15, 0.2) is 11.5 Å². The molecule has 1 atom stereocenters. The minimum absolute atomic E-state index is 0.577. The zero-order chi connectivity index (χ0) is 13.6.